The molecule has 2 N–H and O–H groups in total. The molecule has 0 aliphatic heterocycles. The molecule has 4 heteroatoms. The van der Waals surface area contributed by atoms with Gasteiger partial charge in [-0.05, 0) is 32.6 Å². The zero-order valence-electron chi connectivity index (χ0n) is 10.5. The number of hydrogen-bond acceptors (Lipinski definition) is 4. The van der Waals surface area contributed by atoms with E-state index in [1.807, 2.05) is 0 Å². The molecule has 3 rings (SSSR count). The summed E-state index contributed by atoms with van der Waals surface area (Å²) in [5.41, 5.74) is 6.15. The van der Waals surface area contributed by atoms with Gasteiger partial charge in [-0.25, -0.2) is 0 Å². The number of aromatic nitrogens is 2. The number of nitrogens with two attached hydrogens (primary N) is 1. The van der Waals surface area contributed by atoms with E-state index in [2.05, 4.69) is 17.1 Å². The molecule has 2 aliphatic rings. The molecule has 94 valence electrons. The zero-order valence-corrected chi connectivity index (χ0v) is 10.5. The lowest BCUT2D eigenvalue weighted by Gasteiger charge is -2.36. The standard InChI is InChI=1S/C13H21N3O/c1-13(8-3-2-7-10(13)14)12-15-11(16-17-12)9-5-4-6-9/h9-10H,2-8,14H2,1H3. The molecule has 0 amide bonds. The minimum Gasteiger partial charge on any atom is -0.339 e. The quantitative estimate of drug-likeness (QED) is 0.855. The topological polar surface area (TPSA) is 64.9 Å². The van der Waals surface area contributed by atoms with Gasteiger partial charge < -0.3 is 10.3 Å². The van der Waals surface area contributed by atoms with Crippen molar-refractivity contribution in [2.24, 2.45) is 5.73 Å². The summed E-state index contributed by atoms with van der Waals surface area (Å²) in [6, 6.07) is 0.158. The number of hydrogen-bond donors (Lipinski definition) is 1. The van der Waals surface area contributed by atoms with Crippen molar-refractivity contribution in [1.82, 2.24) is 10.1 Å². The van der Waals surface area contributed by atoms with Crippen molar-refractivity contribution < 1.29 is 4.52 Å². The molecule has 1 aromatic rings. The van der Waals surface area contributed by atoms with Crippen molar-refractivity contribution in [3.8, 4) is 0 Å². The van der Waals surface area contributed by atoms with Crippen molar-refractivity contribution in [3.63, 3.8) is 0 Å². The van der Waals surface area contributed by atoms with Crippen molar-refractivity contribution in [2.75, 3.05) is 0 Å². The van der Waals surface area contributed by atoms with Gasteiger partial charge in [0.05, 0.1) is 5.41 Å². The van der Waals surface area contributed by atoms with E-state index < -0.39 is 0 Å². The maximum absolute atomic E-state index is 6.25. The normalized spacial score (nSPS) is 34.6. The second-order valence-corrected chi connectivity index (χ2v) is 5.86. The van der Waals surface area contributed by atoms with Crippen LogP contribution in [0, 0.1) is 0 Å². The van der Waals surface area contributed by atoms with E-state index in [-0.39, 0.29) is 11.5 Å². The Morgan fingerprint density at radius 2 is 2.06 bits per heavy atom. The Morgan fingerprint density at radius 3 is 2.71 bits per heavy atom. The molecule has 2 fully saturated rings. The Hall–Kier alpha value is -0.900. The highest BCUT2D eigenvalue weighted by Crippen LogP contribution is 2.39. The van der Waals surface area contributed by atoms with E-state index >= 15 is 0 Å². The average Bonchev–Trinajstić information content (AvgIpc) is 2.70. The van der Waals surface area contributed by atoms with Gasteiger partial charge in [-0.15, -0.1) is 0 Å². The van der Waals surface area contributed by atoms with Crippen LogP contribution in [0.2, 0.25) is 0 Å². The summed E-state index contributed by atoms with van der Waals surface area (Å²) in [7, 11) is 0. The van der Waals surface area contributed by atoms with Crippen LogP contribution < -0.4 is 5.73 Å². The van der Waals surface area contributed by atoms with Gasteiger partial charge in [-0.2, -0.15) is 4.98 Å². The molecule has 1 aromatic heterocycles. The van der Waals surface area contributed by atoms with Gasteiger partial charge in [-0.1, -0.05) is 24.4 Å². The monoisotopic (exact) mass is 235 g/mol. The van der Waals surface area contributed by atoms with E-state index in [4.69, 9.17) is 10.3 Å². The predicted molar refractivity (Wildman–Crippen MR) is 64.7 cm³/mol. The largest absolute Gasteiger partial charge is 0.339 e. The number of nitrogens with zero attached hydrogens (tertiary/aromatic N) is 2. The lowest BCUT2D eigenvalue weighted by Crippen LogP contribution is -2.45. The van der Waals surface area contributed by atoms with Crippen LogP contribution in [0.1, 0.15) is 69.5 Å². The molecular formula is C13H21N3O. The predicted octanol–water partition coefficient (Wildman–Crippen LogP) is 2.50. The Morgan fingerprint density at radius 1 is 1.24 bits per heavy atom. The molecule has 0 radical (unpaired) electrons. The van der Waals surface area contributed by atoms with E-state index in [0.717, 1.165) is 24.6 Å². The third-order valence-corrected chi connectivity index (χ3v) is 4.68. The summed E-state index contributed by atoms with van der Waals surface area (Å²) in [6.45, 7) is 2.18. The lowest BCUT2D eigenvalue weighted by atomic mass is 9.72. The first-order chi connectivity index (χ1) is 8.20. The van der Waals surface area contributed by atoms with Crippen molar-refractivity contribution >= 4 is 0 Å². The summed E-state index contributed by atoms with van der Waals surface area (Å²) < 4.78 is 5.49. The van der Waals surface area contributed by atoms with Gasteiger partial charge in [0.15, 0.2) is 5.82 Å². The third-order valence-electron chi connectivity index (χ3n) is 4.68. The highest BCUT2D eigenvalue weighted by molar-refractivity contribution is 5.12. The second kappa shape index (κ2) is 4.09. The molecule has 17 heavy (non-hydrogen) atoms. The molecule has 0 saturated heterocycles. The fourth-order valence-electron chi connectivity index (χ4n) is 2.93. The van der Waals surface area contributed by atoms with Gasteiger partial charge in [-0.3, -0.25) is 0 Å². The SMILES string of the molecule is CC1(c2nc(C3CCC3)no2)CCCCC1N. The minimum absolute atomic E-state index is 0.104. The molecule has 2 aliphatic carbocycles. The molecule has 4 nitrogen and oxygen atoms in total. The maximum Gasteiger partial charge on any atom is 0.234 e. The summed E-state index contributed by atoms with van der Waals surface area (Å²) in [5.74, 6) is 2.22. The molecule has 0 aromatic carbocycles. The van der Waals surface area contributed by atoms with Gasteiger partial charge in [0.2, 0.25) is 5.89 Å². The van der Waals surface area contributed by atoms with Crippen LogP contribution >= 0.6 is 0 Å². The van der Waals surface area contributed by atoms with Crippen LogP contribution in [0.25, 0.3) is 0 Å². The molecule has 2 saturated carbocycles. The molecule has 0 bridgehead atoms. The Labute approximate surface area is 102 Å². The van der Waals surface area contributed by atoms with Crippen LogP contribution in [-0.4, -0.2) is 16.2 Å². The molecule has 0 spiro atoms. The lowest BCUT2D eigenvalue weighted by molar-refractivity contribution is 0.202. The number of rotatable bonds is 2. The molecule has 1 heterocycles. The third kappa shape index (κ3) is 1.79. The smallest absolute Gasteiger partial charge is 0.234 e. The van der Waals surface area contributed by atoms with Crippen LogP contribution in [0.5, 0.6) is 0 Å². The van der Waals surface area contributed by atoms with Crippen LogP contribution in [-0.2, 0) is 5.41 Å². The van der Waals surface area contributed by atoms with Gasteiger partial charge in [0.1, 0.15) is 0 Å². The fourth-order valence-corrected chi connectivity index (χ4v) is 2.93. The Kier molecular flexibility index (Phi) is 2.69. The highest BCUT2D eigenvalue weighted by atomic mass is 16.5. The zero-order chi connectivity index (χ0) is 11.9. The Balaban J connectivity index is 1.84. The summed E-state index contributed by atoms with van der Waals surface area (Å²) in [6.07, 6.45) is 8.29. The van der Waals surface area contributed by atoms with Crippen molar-refractivity contribution in [1.29, 1.82) is 0 Å². The first-order valence-electron chi connectivity index (χ1n) is 6.80. The average molecular weight is 235 g/mol. The van der Waals surface area contributed by atoms with Gasteiger partial charge >= 0.3 is 0 Å². The Bertz CT molecular complexity index is 399. The maximum atomic E-state index is 6.25. The van der Waals surface area contributed by atoms with E-state index in [1.165, 1.54) is 32.1 Å². The minimum atomic E-state index is -0.104. The van der Waals surface area contributed by atoms with E-state index in [1.54, 1.807) is 0 Å². The highest BCUT2D eigenvalue weighted by Gasteiger charge is 2.41. The molecule has 2 unspecified atom stereocenters. The van der Waals surface area contributed by atoms with Crippen molar-refractivity contribution in [3.05, 3.63) is 11.7 Å². The molecule has 2 atom stereocenters. The second-order valence-electron chi connectivity index (χ2n) is 5.86. The van der Waals surface area contributed by atoms with E-state index in [9.17, 15) is 0 Å². The van der Waals surface area contributed by atoms with Gasteiger partial charge in [0.25, 0.3) is 0 Å². The first kappa shape index (κ1) is 11.2. The fraction of sp³-hybridized carbons (Fsp3) is 0.846. The van der Waals surface area contributed by atoms with E-state index in [0.29, 0.717) is 5.92 Å². The summed E-state index contributed by atoms with van der Waals surface area (Å²) in [5, 5.41) is 4.15. The van der Waals surface area contributed by atoms with Crippen LogP contribution in [0.4, 0.5) is 0 Å². The van der Waals surface area contributed by atoms with Gasteiger partial charge in [0, 0.05) is 12.0 Å². The summed E-state index contributed by atoms with van der Waals surface area (Å²) in [4.78, 5) is 4.62. The summed E-state index contributed by atoms with van der Waals surface area (Å²) >= 11 is 0. The van der Waals surface area contributed by atoms with Crippen molar-refractivity contribution in [2.45, 2.75) is 69.2 Å². The molecular weight excluding hydrogens is 214 g/mol. The van der Waals surface area contributed by atoms with Crippen LogP contribution in [0.3, 0.4) is 0 Å². The van der Waals surface area contributed by atoms with Crippen LogP contribution in [0.15, 0.2) is 4.52 Å². The first-order valence-corrected chi connectivity index (χ1v) is 6.80.